The molecule has 18 heavy (non-hydrogen) atoms. The zero-order valence-corrected chi connectivity index (χ0v) is 10.2. The number of hydrogen-bond acceptors (Lipinski definition) is 2. The first-order chi connectivity index (χ1) is 8.72. The highest BCUT2D eigenvalue weighted by Gasteiger charge is 2.04. The van der Waals surface area contributed by atoms with Crippen molar-refractivity contribution in [1.29, 1.82) is 0 Å². The van der Waals surface area contributed by atoms with Gasteiger partial charge in [-0.25, -0.2) is 4.98 Å². The largest absolute Gasteiger partial charge is 0.506 e. The molecule has 0 aliphatic heterocycles. The number of benzene rings is 1. The van der Waals surface area contributed by atoms with Gasteiger partial charge in [-0.3, -0.25) is 0 Å². The van der Waals surface area contributed by atoms with E-state index in [1.165, 1.54) is 11.1 Å². The molecular formula is C15H14N2O. The Hall–Kier alpha value is -2.29. The molecule has 0 saturated heterocycles. The summed E-state index contributed by atoms with van der Waals surface area (Å²) >= 11 is 0. The SMILES string of the molecule is Cc1ccccc1Cc1cn2cc(O)ccc2n1. The first kappa shape index (κ1) is 10.8. The van der Waals surface area contributed by atoms with Crippen LogP contribution in [0.5, 0.6) is 5.75 Å². The summed E-state index contributed by atoms with van der Waals surface area (Å²) in [4.78, 5) is 4.54. The van der Waals surface area contributed by atoms with Gasteiger partial charge >= 0.3 is 0 Å². The lowest BCUT2D eigenvalue weighted by molar-refractivity contribution is 0.472. The van der Waals surface area contributed by atoms with Crippen LogP contribution in [0.2, 0.25) is 0 Å². The molecule has 3 nitrogen and oxygen atoms in total. The summed E-state index contributed by atoms with van der Waals surface area (Å²) in [6.45, 7) is 2.11. The van der Waals surface area contributed by atoms with E-state index in [-0.39, 0.29) is 5.75 Å². The Balaban J connectivity index is 1.98. The van der Waals surface area contributed by atoms with Crippen molar-refractivity contribution in [2.45, 2.75) is 13.3 Å². The highest BCUT2D eigenvalue weighted by atomic mass is 16.3. The van der Waals surface area contributed by atoms with Crippen LogP contribution in [0.1, 0.15) is 16.8 Å². The van der Waals surface area contributed by atoms with Gasteiger partial charge in [-0.1, -0.05) is 24.3 Å². The molecule has 2 aromatic heterocycles. The lowest BCUT2D eigenvalue weighted by Gasteiger charge is -2.01. The van der Waals surface area contributed by atoms with Crippen LogP contribution in [0.15, 0.2) is 48.8 Å². The second-order valence-corrected chi connectivity index (χ2v) is 4.49. The maximum Gasteiger partial charge on any atom is 0.137 e. The molecular weight excluding hydrogens is 224 g/mol. The van der Waals surface area contributed by atoms with E-state index >= 15 is 0 Å². The fourth-order valence-corrected chi connectivity index (χ4v) is 2.12. The van der Waals surface area contributed by atoms with Gasteiger partial charge < -0.3 is 9.51 Å². The Morgan fingerprint density at radius 3 is 2.78 bits per heavy atom. The third-order valence-electron chi connectivity index (χ3n) is 3.12. The fourth-order valence-electron chi connectivity index (χ4n) is 2.12. The Kier molecular flexibility index (Phi) is 2.52. The lowest BCUT2D eigenvalue weighted by Crippen LogP contribution is -1.91. The molecule has 0 atom stereocenters. The van der Waals surface area contributed by atoms with Crippen LogP contribution in [-0.4, -0.2) is 14.5 Å². The second kappa shape index (κ2) is 4.18. The third kappa shape index (κ3) is 1.95. The van der Waals surface area contributed by atoms with E-state index in [0.29, 0.717) is 0 Å². The van der Waals surface area contributed by atoms with Crippen LogP contribution in [-0.2, 0) is 6.42 Å². The summed E-state index contributed by atoms with van der Waals surface area (Å²) in [5.41, 5.74) is 4.42. The summed E-state index contributed by atoms with van der Waals surface area (Å²) in [7, 11) is 0. The summed E-state index contributed by atoms with van der Waals surface area (Å²) < 4.78 is 1.85. The van der Waals surface area contributed by atoms with Gasteiger partial charge in [-0.05, 0) is 30.2 Å². The number of aromatic nitrogens is 2. The summed E-state index contributed by atoms with van der Waals surface area (Å²) in [5.74, 6) is 0.252. The normalized spacial score (nSPS) is 10.9. The Bertz CT molecular complexity index is 701. The van der Waals surface area contributed by atoms with E-state index in [1.807, 2.05) is 28.8 Å². The fraction of sp³-hybridized carbons (Fsp3) is 0.133. The minimum absolute atomic E-state index is 0.252. The van der Waals surface area contributed by atoms with E-state index < -0.39 is 0 Å². The predicted octanol–water partition coefficient (Wildman–Crippen LogP) is 2.94. The number of aromatic hydroxyl groups is 1. The van der Waals surface area contributed by atoms with Crippen molar-refractivity contribution in [2.75, 3.05) is 0 Å². The smallest absolute Gasteiger partial charge is 0.137 e. The molecule has 0 amide bonds. The van der Waals surface area contributed by atoms with Crippen molar-refractivity contribution < 1.29 is 5.11 Å². The first-order valence-corrected chi connectivity index (χ1v) is 5.93. The standard InChI is InChI=1S/C15H14N2O/c1-11-4-2-3-5-12(11)8-13-9-17-10-14(18)6-7-15(17)16-13/h2-7,9-10,18H,8H2,1H3. The summed E-state index contributed by atoms with van der Waals surface area (Å²) in [6, 6.07) is 11.8. The zero-order valence-electron chi connectivity index (χ0n) is 10.2. The van der Waals surface area contributed by atoms with Gasteiger partial charge in [0, 0.05) is 12.6 Å². The second-order valence-electron chi connectivity index (χ2n) is 4.49. The third-order valence-corrected chi connectivity index (χ3v) is 3.12. The van der Waals surface area contributed by atoms with Crippen molar-refractivity contribution in [1.82, 2.24) is 9.38 Å². The minimum Gasteiger partial charge on any atom is -0.506 e. The van der Waals surface area contributed by atoms with Crippen molar-refractivity contribution >= 4 is 5.65 Å². The first-order valence-electron chi connectivity index (χ1n) is 5.93. The molecule has 0 fully saturated rings. The van der Waals surface area contributed by atoms with Crippen LogP contribution in [0.25, 0.3) is 5.65 Å². The monoisotopic (exact) mass is 238 g/mol. The van der Waals surface area contributed by atoms with E-state index in [9.17, 15) is 5.11 Å². The van der Waals surface area contributed by atoms with E-state index in [1.54, 1.807) is 12.3 Å². The van der Waals surface area contributed by atoms with Gasteiger partial charge in [-0.2, -0.15) is 0 Å². The zero-order chi connectivity index (χ0) is 12.5. The molecule has 0 saturated carbocycles. The Morgan fingerprint density at radius 2 is 1.94 bits per heavy atom. The van der Waals surface area contributed by atoms with E-state index in [4.69, 9.17) is 0 Å². The highest BCUT2D eigenvalue weighted by molar-refractivity contribution is 5.43. The summed E-state index contributed by atoms with van der Waals surface area (Å²) in [6.07, 6.45) is 4.44. The highest BCUT2D eigenvalue weighted by Crippen LogP contribution is 2.16. The van der Waals surface area contributed by atoms with Gasteiger partial charge in [0.2, 0.25) is 0 Å². The van der Waals surface area contributed by atoms with Crippen molar-refractivity contribution in [3.63, 3.8) is 0 Å². The molecule has 3 heteroatoms. The number of nitrogens with zero attached hydrogens (tertiary/aromatic N) is 2. The molecule has 0 bridgehead atoms. The van der Waals surface area contributed by atoms with Crippen LogP contribution >= 0.6 is 0 Å². The minimum atomic E-state index is 0.252. The van der Waals surface area contributed by atoms with Crippen molar-refractivity contribution in [2.24, 2.45) is 0 Å². The predicted molar refractivity (Wildman–Crippen MR) is 70.8 cm³/mol. The van der Waals surface area contributed by atoms with Gasteiger partial charge in [0.15, 0.2) is 0 Å². The average Bonchev–Trinajstić information content (AvgIpc) is 2.73. The molecule has 0 aliphatic carbocycles. The maximum atomic E-state index is 9.42. The van der Waals surface area contributed by atoms with Crippen LogP contribution in [0, 0.1) is 6.92 Å². The van der Waals surface area contributed by atoms with Crippen molar-refractivity contribution in [3.8, 4) is 5.75 Å². The van der Waals surface area contributed by atoms with Crippen LogP contribution in [0.3, 0.4) is 0 Å². The topological polar surface area (TPSA) is 37.5 Å². The molecule has 3 aromatic rings. The Labute approximate surface area is 105 Å². The van der Waals surface area contributed by atoms with E-state index in [0.717, 1.165) is 17.8 Å². The molecule has 0 aliphatic rings. The number of aryl methyl sites for hydroxylation is 1. The molecule has 0 spiro atoms. The number of fused-ring (bicyclic) bond motifs is 1. The van der Waals surface area contributed by atoms with Crippen LogP contribution in [0.4, 0.5) is 0 Å². The quantitative estimate of drug-likeness (QED) is 0.745. The van der Waals surface area contributed by atoms with Gasteiger partial charge in [-0.15, -0.1) is 0 Å². The molecule has 3 rings (SSSR count). The maximum absolute atomic E-state index is 9.42. The van der Waals surface area contributed by atoms with E-state index in [2.05, 4.69) is 24.0 Å². The van der Waals surface area contributed by atoms with Crippen LogP contribution < -0.4 is 0 Å². The number of hydrogen-bond donors (Lipinski definition) is 1. The molecule has 1 aromatic carbocycles. The summed E-state index contributed by atoms with van der Waals surface area (Å²) in [5, 5.41) is 9.42. The molecule has 1 N–H and O–H groups in total. The lowest BCUT2D eigenvalue weighted by atomic mass is 10.0. The number of pyridine rings is 1. The molecule has 90 valence electrons. The molecule has 2 heterocycles. The van der Waals surface area contributed by atoms with Gasteiger partial charge in [0.25, 0.3) is 0 Å². The average molecular weight is 238 g/mol. The molecule has 0 unspecified atom stereocenters. The van der Waals surface area contributed by atoms with Gasteiger partial charge in [0.1, 0.15) is 11.4 Å². The number of rotatable bonds is 2. The number of imidazole rings is 1. The molecule has 0 radical (unpaired) electrons. The van der Waals surface area contributed by atoms with Crippen molar-refractivity contribution in [3.05, 3.63) is 65.6 Å². The van der Waals surface area contributed by atoms with Gasteiger partial charge in [0.05, 0.1) is 11.9 Å². The Morgan fingerprint density at radius 1 is 1.11 bits per heavy atom.